The van der Waals surface area contributed by atoms with Crippen molar-refractivity contribution < 1.29 is 15.0 Å². The summed E-state index contributed by atoms with van der Waals surface area (Å²) in [6.07, 6.45) is 1.15. The highest BCUT2D eigenvalue weighted by Crippen LogP contribution is 2.11. The maximum atomic E-state index is 10.2. The van der Waals surface area contributed by atoms with Crippen LogP contribution in [0.25, 0.3) is 6.08 Å². The van der Waals surface area contributed by atoms with E-state index in [0.717, 1.165) is 6.08 Å². The molecular weight excluding hydrogens is 192 g/mol. The van der Waals surface area contributed by atoms with Gasteiger partial charge in [-0.3, -0.25) is 0 Å². The minimum absolute atomic E-state index is 0.562. The van der Waals surface area contributed by atoms with E-state index < -0.39 is 11.7 Å². The number of rotatable bonds is 2. The van der Waals surface area contributed by atoms with Gasteiger partial charge in [0.15, 0.2) is 0 Å². The van der Waals surface area contributed by atoms with E-state index in [4.69, 9.17) is 21.8 Å². The van der Waals surface area contributed by atoms with Crippen molar-refractivity contribution in [2.45, 2.75) is 0 Å². The lowest BCUT2D eigenvalue weighted by Gasteiger charge is -1.94. The Morgan fingerprint density at radius 1 is 1.23 bits per heavy atom. The zero-order chi connectivity index (χ0) is 9.84. The van der Waals surface area contributed by atoms with Crippen molar-refractivity contribution in [2.75, 3.05) is 0 Å². The van der Waals surface area contributed by atoms with Crippen LogP contribution in [0.2, 0.25) is 5.02 Å². The number of carbonyl (C=O) groups is 1. The molecule has 2 N–H and O–H groups in total. The Morgan fingerprint density at radius 3 is 2.23 bits per heavy atom. The molecule has 4 heteroatoms. The largest absolute Gasteiger partial charge is 0.502 e. The molecule has 1 aromatic carbocycles. The van der Waals surface area contributed by atoms with Crippen molar-refractivity contribution in [1.82, 2.24) is 0 Å². The number of hydrogen-bond donors (Lipinski definition) is 2. The molecule has 0 radical (unpaired) electrons. The van der Waals surface area contributed by atoms with E-state index in [1.807, 2.05) is 0 Å². The highest BCUT2D eigenvalue weighted by Gasteiger charge is 2.02. The van der Waals surface area contributed by atoms with Gasteiger partial charge in [0.05, 0.1) is 0 Å². The molecule has 13 heavy (non-hydrogen) atoms. The first-order valence-electron chi connectivity index (χ1n) is 3.49. The number of aliphatic carboxylic acids is 1. The van der Waals surface area contributed by atoms with Crippen LogP contribution in [0.1, 0.15) is 5.56 Å². The fourth-order valence-corrected chi connectivity index (χ4v) is 0.905. The van der Waals surface area contributed by atoms with E-state index in [1.54, 1.807) is 24.3 Å². The summed E-state index contributed by atoms with van der Waals surface area (Å²) < 4.78 is 0. The van der Waals surface area contributed by atoms with Crippen molar-refractivity contribution in [1.29, 1.82) is 0 Å². The zero-order valence-electron chi connectivity index (χ0n) is 6.57. The second-order valence-corrected chi connectivity index (χ2v) is 2.82. The normalized spacial score (nSPS) is 11.3. The Balaban J connectivity index is 2.92. The van der Waals surface area contributed by atoms with Crippen LogP contribution in [0.15, 0.2) is 30.0 Å². The van der Waals surface area contributed by atoms with Gasteiger partial charge in [0, 0.05) is 5.02 Å². The van der Waals surface area contributed by atoms with Gasteiger partial charge in [0.25, 0.3) is 0 Å². The van der Waals surface area contributed by atoms with Gasteiger partial charge in [-0.1, -0.05) is 23.7 Å². The maximum Gasteiger partial charge on any atom is 0.370 e. The van der Waals surface area contributed by atoms with Crippen LogP contribution >= 0.6 is 11.6 Å². The molecule has 0 aliphatic rings. The Kier molecular flexibility index (Phi) is 2.93. The number of aliphatic hydroxyl groups excluding tert-OH is 1. The molecule has 0 atom stereocenters. The molecule has 0 bridgehead atoms. The molecular formula is C9H7ClO3. The average Bonchev–Trinajstić information content (AvgIpc) is 2.08. The van der Waals surface area contributed by atoms with E-state index in [9.17, 15) is 4.79 Å². The van der Waals surface area contributed by atoms with Gasteiger partial charge in [-0.15, -0.1) is 0 Å². The number of halogens is 1. The van der Waals surface area contributed by atoms with E-state index in [0.29, 0.717) is 10.6 Å². The minimum atomic E-state index is -1.35. The molecule has 0 aromatic heterocycles. The fraction of sp³-hybridized carbons (Fsp3) is 0. The van der Waals surface area contributed by atoms with Gasteiger partial charge in [0.2, 0.25) is 5.76 Å². The Bertz CT molecular complexity index is 340. The van der Waals surface area contributed by atoms with Crippen LogP contribution < -0.4 is 0 Å². The van der Waals surface area contributed by atoms with Gasteiger partial charge in [-0.05, 0) is 23.8 Å². The predicted molar refractivity (Wildman–Crippen MR) is 49.7 cm³/mol. The lowest BCUT2D eigenvalue weighted by atomic mass is 10.2. The quantitative estimate of drug-likeness (QED) is 0.567. The lowest BCUT2D eigenvalue weighted by molar-refractivity contribution is -0.135. The zero-order valence-corrected chi connectivity index (χ0v) is 7.32. The SMILES string of the molecule is O=C(O)/C(O)=C/c1ccc(Cl)cc1. The maximum absolute atomic E-state index is 10.2. The Hall–Kier alpha value is -1.48. The first kappa shape index (κ1) is 9.61. The summed E-state index contributed by atoms with van der Waals surface area (Å²) in [4.78, 5) is 10.2. The lowest BCUT2D eigenvalue weighted by Crippen LogP contribution is -1.98. The monoisotopic (exact) mass is 198 g/mol. The van der Waals surface area contributed by atoms with E-state index in [1.165, 1.54) is 0 Å². The molecule has 68 valence electrons. The molecule has 0 amide bonds. The van der Waals surface area contributed by atoms with Gasteiger partial charge < -0.3 is 10.2 Å². The molecule has 0 unspecified atom stereocenters. The fourth-order valence-electron chi connectivity index (χ4n) is 0.779. The molecule has 0 aliphatic heterocycles. The smallest absolute Gasteiger partial charge is 0.370 e. The highest BCUT2D eigenvalue weighted by atomic mass is 35.5. The van der Waals surface area contributed by atoms with Crippen LogP contribution in [0.3, 0.4) is 0 Å². The van der Waals surface area contributed by atoms with Gasteiger partial charge in [-0.25, -0.2) is 4.79 Å². The third-order valence-corrected chi connectivity index (χ3v) is 1.64. The summed E-state index contributed by atoms with van der Waals surface area (Å²) in [6.45, 7) is 0. The first-order valence-corrected chi connectivity index (χ1v) is 3.87. The summed E-state index contributed by atoms with van der Waals surface area (Å²) in [6, 6.07) is 6.45. The second kappa shape index (κ2) is 3.96. The van der Waals surface area contributed by atoms with Crippen LogP contribution in [0.4, 0.5) is 0 Å². The number of aliphatic hydroxyl groups is 1. The summed E-state index contributed by atoms with van der Waals surface area (Å²) in [5.41, 5.74) is 0.587. The van der Waals surface area contributed by atoms with Crippen LogP contribution in [-0.2, 0) is 4.79 Å². The molecule has 1 rings (SSSR count). The van der Waals surface area contributed by atoms with E-state index in [2.05, 4.69) is 0 Å². The summed E-state index contributed by atoms with van der Waals surface area (Å²) in [5, 5.41) is 17.8. The summed E-state index contributed by atoms with van der Waals surface area (Å²) >= 11 is 5.61. The number of carboxylic acids is 1. The van der Waals surface area contributed by atoms with Crippen LogP contribution in [-0.4, -0.2) is 16.2 Å². The number of carboxylic acid groups (broad SMARTS) is 1. The molecule has 0 saturated carbocycles. The molecule has 0 spiro atoms. The highest BCUT2D eigenvalue weighted by molar-refractivity contribution is 6.30. The third-order valence-electron chi connectivity index (χ3n) is 1.39. The van der Waals surface area contributed by atoms with Gasteiger partial charge >= 0.3 is 5.97 Å². The Labute approximate surface area is 79.9 Å². The van der Waals surface area contributed by atoms with Crippen molar-refractivity contribution >= 4 is 23.6 Å². The number of hydrogen-bond acceptors (Lipinski definition) is 2. The van der Waals surface area contributed by atoms with Crippen molar-refractivity contribution in [3.63, 3.8) is 0 Å². The molecule has 0 fully saturated rings. The first-order chi connectivity index (χ1) is 6.09. The Morgan fingerprint density at radius 2 is 1.77 bits per heavy atom. The molecule has 0 heterocycles. The average molecular weight is 199 g/mol. The van der Waals surface area contributed by atoms with Crippen molar-refractivity contribution in [3.05, 3.63) is 40.6 Å². The third kappa shape index (κ3) is 2.80. The standard InChI is InChI=1S/C9H7ClO3/c10-7-3-1-6(2-4-7)5-8(11)9(12)13/h1-5,11H,(H,12,13)/b8-5-. The molecule has 0 aliphatic carbocycles. The summed E-state index contributed by atoms with van der Waals surface area (Å²) in [5.74, 6) is -2.04. The molecule has 0 saturated heterocycles. The van der Waals surface area contributed by atoms with Crippen LogP contribution in [0, 0.1) is 0 Å². The molecule has 3 nitrogen and oxygen atoms in total. The topological polar surface area (TPSA) is 57.5 Å². The number of benzene rings is 1. The van der Waals surface area contributed by atoms with Crippen LogP contribution in [0.5, 0.6) is 0 Å². The van der Waals surface area contributed by atoms with E-state index in [-0.39, 0.29) is 0 Å². The van der Waals surface area contributed by atoms with Crippen molar-refractivity contribution in [2.24, 2.45) is 0 Å². The van der Waals surface area contributed by atoms with Crippen molar-refractivity contribution in [3.8, 4) is 0 Å². The predicted octanol–water partition coefficient (Wildman–Crippen LogP) is 2.32. The second-order valence-electron chi connectivity index (χ2n) is 2.39. The van der Waals surface area contributed by atoms with Gasteiger partial charge in [-0.2, -0.15) is 0 Å². The minimum Gasteiger partial charge on any atom is -0.502 e. The van der Waals surface area contributed by atoms with E-state index >= 15 is 0 Å². The van der Waals surface area contributed by atoms with Gasteiger partial charge in [0.1, 0.15) is 0 Å². The summed E-state index contributed by atoms with van der Waals surface area (Å²) in [7, 11) is 0. The molecule has 1 aromatic rings.